The van der Waals surface area contributed by atoms with E-state index in [0.29, 0.717) is 36.2 Å². The van der Waals surface area contributed by atoms with E-state index in [2.05, 4.69) is 25.3 Å². The van der Waals surface area contributed by atoms with E-state index in [9.17, 15) is 4.79 Å². The highest BCUT2D eigenvalue weighted by atomic mass is 16.5. The largest absolute Gasteiger partial charge is 0.493 e. The van der Waals surface area contributed by atoms with E-state index in [1.165, 1.54) is 0 Å². The molecule has 1 aliphatic rings. The number of amides is 1. The number of benzene rings is 1. The number of aryl methyl sites for hydroxylation is 1. The lowest BCUT2D eigenvalue weighted by molar-refractivity contribution is 0.0936. The van der Waals surface area contributed by atoms with Gasteiger partial charge >= 0.3 is 0 Å². The van der Waals surface area contributed by atoms with Crippen LogP contribution in [-0.2, 0) is 0 Å². The van der Waals surface area contributed by atoms with E-state index in [1.54, 1.807) is 19.2 Å². The van der Waals surface area contributed by atoms with Gasteiger partial charge in [0.05, 0.1) is 17.7 Å². The molecule has 1 aromatic carbocycles. The normalized spacial score (nSPS) is 16.1. The Kier molecular flexibility index (Phi) is 5.41. The molecule has 0 bridgehead atoms. The van der Waals surface area contributed by atoms with Crippen molar-refractivity contribution in [3.63, 3.8) is 0 Å². The number of anilines is 1. The minimum absolute atomic E-state index is 0.0106. The quantitative estimate of drug-likeness (QED) is 0.688. The molecule has 150 valence electrons. The topological polar surface area (TPSA) is 93.4 Å². The second kappa shape index (κ2) is 8.30. The Balaban J connectivity index is 1.47. The van der Waals surface area contributed by atoms with Crippen LogP contribution in [0.1, 0.15) is 29.5 Å². The van der Waals surface area contributed by atoms with Crippen LogP contribution in [0, 0.1) is 6.92 Å². The van der Waals surface area contributed by atoms with Crippen molar-refractivity contribution in [3.8, 4) is 17.2 Å². The van der Waals surface area contributed by atoms with Crippen molar-refractivity contribution in [3.05, 3.63) is 54.0 Å². The van der Waals surface area contributed by atoms with Crippen molar-refractivity contribution in [1.29, 1.82) is 0 Å². The number of rotatable bonds is 6. The first-order valence-corrected chi connectivity index (χ1v) is 9.69. The fourth-order valence-corrected chi connectivity index (χ4v) is 3.49. The monoisotopic (exact) mass is 393 g/mol. The van der Waals surface area contributed by atoms with Gasteiger partial charge in [-0.3, -0.25) is 4.79 Å². The SMILES string of the molecule is CCOc1ccccc1C(=O)N[C@H]1CCN(c2ncccc2-c2nc(C)no2)C1. The second-order valence-electron chi connectivity index (χ2n) is 6.86. The molecular formula is C21H23N5O3. The molecule has 29 heavy (non-hydrogen) atoms. The molecule has 0 aliphatic carbocycles. The number of carbonyl (C=O) groups excluding carboxylic acids is 1. The second-order valence-corrected chi connectivity index (χ2v) is 6.86. The highest BCUT2D eigenvalue weighted by Crippen LogP contribution is 2.30. The molecule has 2 aromatic heterocycles. The van der Waals surface area contributed by atoms with Crippen LogP contribution >= 0.6 is 0 Å². The van der Waals surface area contributed by atoms with Crippen LogP contribution in [0.4, 0.5) is 5.82 Å². The zero-order valence-corrected chi connectivity index (χ0v) is 16.5. The van der Waals surface area contributed by atoms with E-state index in [1.807, 2.05) is 37.3 Å². The van der Waals surface area contributed by atoms with Gasteiger partial charge in [-0.15, -0.1) is 0 Å². The first kappa shape index (κ1) is 18.9. The van der Waals surface area contributed by atoms with Crippen LogP contribution in [0.5, 0.6) is 5.75 Å². The molecule has 1 fully saturated rings. The Bertz CT molecular complexity index is 1000. The van der Waals surface area contributed by atoms with Crippen LogP contribution in [-0.4, -0.2) is 46.8 Å². The molecule has 0 unspecified atom stereocenters. The average Bonchev–Trinajstić information content (AvgIpc) is 3.38. The smallest absolute Gasteiger partial charge is 0.261 e. The number of aromatic nitrogens is 3. The summed E-state index contributed by atoms with van der Waals surface area (Å²) < 4.78 is 10.9. The predicted octanol–water partition coefficient (Wildman–Crippen LogP) is 2.85. The molecule has 8 nitrogen and oxygen atoms in total. The van der Waals surface area contributed by atoms with Gasteiger partial charge in [0.2, 0.25) is 0 Å². The molecule has 3 heterocycles. The van der Waals surface area contributed by atoms with Gasteiger partial charge in [0.25, 0.3) is 11.8 Å². The first-order valence-electron chi connectivity index (χ1n) is 9.69. The maximum absolute atomic E-state index is 12.8. The van der Waals surface area contributed by atoms with Crippen LogP contribution in [0.15, 0.2) is 47.1 Å². The van der Waals surface area contributed by atoms with Gasteiger partial charge in [-0.2, -0.15) is 4.98 Å². The Morgan fingerprint density at radius 3 is 2.97 bits per heavy atom. The summed E-state index contributed by atoms with van der Waals surface area (Å²) in [6.07, 6.45) is 2.56. The van der Waals surface area contributed by atoms with Gasteiger partial charge in [-0.25, -0.2) is 4.98 Å². The molecule has 0 spiro atoms. The van der Waals surface area contributed by atoms with Crippen LogP contribution in [0.3, 0.4) is 0 Å². The third kappa shape index (κ3) is 4.06. The minimum atomic E-state index is -0.130. The number of nitrogens with zero attached hydrogens (tertiary/aromatic N) is 4. The van der Waals surface area contributed by atoms with Gasteiger partial charge in [0.15, 0.2) is 5.82 Å². The van der Waals surface area contributed by atoms with Crippen molar-refractivity contribution in [1.82, 2.24) is 20.4 Å². The molecule has 1 saturated heterocycles. The van der Waals surface area contributed by atoms with Crippen molar-refractivity contribution < 1.29 is 14.1 Å². The zero-order chi connectivity index (χ0) is 20.2. The van der Waals surface area contributed by atoms with Gasteiger partial charge in [-0.05, 0) is 44.5 Å². The van der Waals surface area contributed by atoms with E-state index in [4.69, 9.17) is 9.26 Å². The lowest BCUT2D eigenvalue weighted by Crippen LogP contribution is -2.37. The molecule has 0 saturated carbocycles. The number of ether oxygens (including phenoxy) is 1. The highest BCUT2D eigenvalue weighted by molar-refractivity contribution is 5.97. The lowest BCUT2D eigenvalue weighted by atomic mass is 10.1. The molecule has 1 atom stereocenters. The van der Waals surface area contributed by atoms with Gasteiger partial charge in [0, 0.05) is 25.3 Å². The number of hydrogen-bond donors (Lipinski definition) is 1. The zero-order valence-electron chi connectivity index (χ0n) is 16.5. The number of hydrogen-bond acceptors (Lipinski definition) is 7. The fraction of sp³-hybridized carbons (Fsp3) is 0.333. The summed E-state index contributed by atoms with van der Waals surface area (Å²) in [6.45, 7) is 5.62. The number of carbonyl (C=O) groups is 1. The summed E-state index contributed by atoms with van der Waals surface area (Å²) in [5.74, 6) is 2.27. The summed E-state index contributed by atoms with van der Waals surface area (Å²) in [5.41, 5.74) is 1.34. The number of pyridine rings is 1. The summed E-state index contributed by atoms with van der Waals surface area (Å²) in [7, 11) is 0. The summed E-state index contributed by atoms with van der Waals surface area (Å²) >= 11 is 0. The molecular weight excluding hydrogens is 370 g/mol. The lowest BCUT2D eigenvalue weighted by Gasteiger charge is -2.20. The van der Waals surface area contributed by atoms with E-state index in [-0.39, 0.29) is 11.9 Å². The molecule has 8 heteroatoms. The maximum atomic E-state index is 12.8. The Hall–Kier alpha value is -3.42. The Morgan fingerprint density at radius 2 is 2.17 bits per heavy atom. The number of para-hydroxylation sites is 1. The van der Waals surface area contributed by atoms with Crippen molar-refractivity contribution >= 4 is 11.7 Å². The van der Waals surface area contributed by atoms with E-state index < -0.39 is 0 Å². The maximum Gasteiger partial charge on any atom is 0.261 e. The van der Waals surface area contributed by atoms with Crippen molar-refractivity contribution in [2.75, 3.05) is 24.6 Å². The van der Waals surface area contributed by atoms with Gasteiger partial charge in [-0.1, -0.05) is 17.3 Å². The Morgan fingerprint density at radius 1 is 1.31 bits per heavy atom. The summed E-state index contributed by atoms with van der Waals surface area (Å²) in [5, 5.41) is 6.99. The predicted molar refractivity (Wildman–Crippen MR) is 108 cm³/mol. The third-order valence-corrected chi connectivity index (χ3v) is 4.80. The van der Waals surface area contributed by atoms with Crippen LogP contribution in [0.25, 0.3) is 11.5 Å². The highest BCUT2D eigenvalue weighted by Gasteiger charge is 2.28. The van der Waals surface area contributed by atoms with Crippen molar-refractivity contribution in [2.45, 2.75) is 26.3 Å². The molecule has 4 rings (SSSR count). The van der Waals surface area contributed by atoms with Crippen molar-refractivity contribution in [2.24, 2.45) is 0 Å². The molecule has 1 N–H and O–H groups in total. The van der Waals surface area contributed by atoms with E-state index in [0.717, 1.165) is 24.3 Å². The fourth-order valence-electron chi connectivity index (χ4n) is 3.49. The standard InChI is InChI=1S/C21H23N5O3/c1-3-28-18-9-5-4-7-16(18)20(27)24-15-10-12-26(13-15)19-17(8-6-11-22-19)21-23-14(2)25-29-21/h4-9,11,15H,3,10,12-13H2,1-2H3,(H,24,27)/t15-/m0/s1. The minimum Gasteiger partial charge on any atom is -0.493 e. The Labute approximate surface area is 168 Å². The third-order valence-electron chi connectivity index (χ3n) is 4.80. The first-order chi connectivity index (χ1) is 14.2. The molecule has 1 aliphatic heterocycles. The molecule has 0 radical (unpaired) electrons. The van der Waals surface area contributed by atoms with Crippen LogP contribution in [0.2, 0.25) is 0 Å². The number of nitrogens with one attached hydrogen (secondary N) is 1. The van der Waals surface area contributed by atoms with Gasteiger partial charge < -0.3 is 19.5 Å². The van der Waals surface area contributed by atoms with E-state index >= 15 is 0 Å². The van der Waals surface area contributed by atoms with Gasteiger partial charge in [0.1, 0.15) is 11.6 Å². The van der Waals surface area contributed by atoms with Crippen LogP contribution < -0.4 is 15.0 Å². The summed E-state index contributed by atoms with van der Waals surface area (Å²) in [6, 6.07) is 11.1. The molecule has 3 aromatic rings. The molecule has 1 amide bonds. The summed E-state index contributed by atoms with van der Waals surface area (Å²) in [4.78, 5) is 23.7. The average molecular weight is 393 g/mol.